The van der Waals surface area contributed by atoms with E-state index in [4.69, 9.17) is 0 Å². The van der Waals surface area contributed by atoms with Crippen LogP contribution in [0.5, 0.6) is 0 Å². The standard InChI is InChI=1S/C12H13NO2S/c14-9(6-8-4-2-1-3-5-8)7-10-11(15)13-12(10)16/h1-5,10,12,16H,6-7H2,(H,13,15)/t10-,12-/m1/s1. The summed E-state index contributed by atoms with van der Waals surface area (Å²) in [6.07, 6.45) is 0.681. The molecule has 1 fully saturated rings. The smallest absolute Gasteiger partial charge is 0.227 e. The number of carbonyl (C=O) groups excluding carboxylic acids is 2. The summed E-state index contributed by atoms with van der Waals surface area (Å²) in [4.78, 5) is 22.8. The van der Waals surface area contributed by atoms with Gasteiger partial charge < -0.3 is 5.32 Å². The van der Waals surface area contributed by atoms with E-state index in [0.717, 1.165) is 5.56 Å². The first-order valence-electron chi connectivity index (χ1n) is 5.21. The third kappa shape index (κ3) is 2.44. The molecule has 1 aliphatic rings. The Hall–Kier alpha value is -1.29. The third-order valence-corrected chi connectivity index (χ3v) is 3.19. The zero-order chi connectivity index (χ0) is 11.5. The van der Waals surface area contributed by atoms with E-state index < -0.39 is 0 Å². The lowest BCUT2D eigenvalue weighted by Crippen LogP contribution is -2.55. The molecule has 1 N–H and O–H groups in total. The second-order valence-corrected chi connectivity index (χ2v) is 4.52. The third-order valence-electron chi connectivity index (χ3n) is 2.70. The van der Waals surface area contributed by atoms with E-state index >= 15 is 0 Å². The van der Waals surface area contributed by atoms with Gasteiger partial charge in [0, 0.05) is 12.8 Å². The average Bonchev–Trinajstić information content (AvgIpc) is 2.28. The van der Waals surface area contributed by atoms with Gasteiger partial charge in [-0.2, -0.15) is 12.6 Å². The molecule has 0 aromatic heterocycles. The van der Waals surface area contributed by atoms with Gasteiger partial charge >= 0.3 is 0 Å². The molecule has 84 valence electrons. The predicted molar refractivity (Wildman–Crippen MR) is 64.2 cm³/mol. The van der Waals surface area contributed by atoms with E-state index in [9.17, 15) is 9.59 Å². The Morgan fingerprint density at radius 2 is 2.00 bits per heavy atom. The molecule has 0 saturated carbocycles. The molecule has 1 saturated heterocycles. The molecule has 4 heteroatoms. The largest absolute Gasteiger partial charge is 0.343 e. The summed E-state index contributed by atoms with van der Waals surface area (Å²) in [7, 11) is 0. The molecule has 2 atom stereocenters. The Balaban J connectivity index is 1.87. The second-order valence-electron chi connectivity index (χ2n) is 3.97. The highest BCUT2D eigenvalue weighted by Crippen LogP contribution is 2.22. The van der Waals surface area contributed by atoms with Crippen LogP contribution in [0.15, 0.2) is 30.3 Å². The van der Waals surface area contributed by atoms with E-state index in [1.807, 2.05) is 30.3 Å². The van der Waals surface area contributed by atoms with E-state index in [1.165, 1.54) is 0 Å². The van der Waals surface area contributed by atoms with E-state index in [-0.39, 0.29) is 29.4 Å². The predicted octanol–water partition coefficient (Wildman–Crippen LogP) is 1.19. The Morgan fingerprint density at radius 3 is 2.56 bits per heavy atom. The van der Waals surface area contributed by atoms with Crippen LogP contribution in [0.25, 0.3) is 0 Å². The number of rotatable bonds is 4. The summed E-state index contributed by atoms with van der Waals surface area (Å²) in [5.41, 5.74) is 0.989. The highest BCUT2D eigenvalue weighted by Gasteiger charge is 2.37. The maximum atomic E-state index is 11.7. The highest BCUT2D eigenvalue weighted by molar-refractivity contribution is 7.81. The number of hydrogen-bond acceptors (Lipinski definition) is 3. The van der Waals surface area contributed by atoms with Gasteiger partial charge in [0.25, 0.3) is 0 Å². The van der Waals surface area contributed by atoms with Crippen molar-refractivity contribution in [1.29, 1.82) is 0 Å². The first-order valence-corrected chi connectivity index (χ1v) is 5.72. The molecule has 1 aromatic carbocycles. The van der Waals surface area contributed by atoms with Crippen LogP contribution >= 0.6 is 12.6 Å². The zero-order valence-electron chi connectivity index (χ0n) is 8.72. The van der Waals surface area contributed by atoms with Crippen molar-refractivity contribution in [3.63, 3.8) is 0 Å². The van der Waals surface area contributed by atoms with Gasteiger partial charge in [0.2, 0.25) is 5.91 Å². The van der Waals surface area contributed by atoms with Crippen molar-refractivity contribution in [3.8, 4) is 0 Å². The molecule has 1 aromatic rings. The SMILES string of the molecule is O=C(Cc1ccccc1)C[C@@H]1C(=O)N[C@@H]1S. The van der Waals surface area contributed by atoms with Crippen LogP contribution in [0.4, 0.5) is 0 Å². The van der Waals surface area contributed by atoms with E-state index in [1.54, 1.807) is 0 Å². The highest BCUT2D eigenvalue weighted by atomic mass is 32.1. The van der Waals surface area contributed by atoms with Gasteiger partial charge in [0.05, 0.1) is 11.3 Å². The molecular weight excluding hydrogens is 222 g/mol. The summed E-state index contributed by atoms with van der Waals surface area (Å²) < 4.78 is 0. The van der Waals surface area contributed by atoms with Crippen LogP contribution in [0, 0.1) is 5.92 Å². The minimum absolute atomic E-state index is 0.0681. The van der Waals surface area contributed by atoms with Gasteiger partial charge in [0.1, 0.15) is 5.78 Å². The van der Waals surface area contributed by atoms with Gasteiger partial charge in [-0.3, -0.25) is 9.59 Å². The van der Waals surface area contributed by atoms with E-state index in [0.29, 0.717) is 6.42 Å². The number of ketones is 1. The zero-order valence-corrected chi connectivity index (χ0v) is 9.61. The van der Waals surface area contributed by atoms with Crippen molar-refractivity contribution in [2.45, 2.75) is 18.2 Å². The molecule has 0 bridgehead atoms. The average molecular weight is 235 g/mol. The number of benzene rings is 1. The summed E-state index contributed by atoms with van der Waals surface area (Å²) in [5, 5.41) is 2.44. The van der Waals surface area contributed by atoms with Crippen molar-refractivity contribution < 1.29 is 9.59 Å². The Bertz CT molecular complexity index is 405. The molecule has 2 rings (SSSR count). The number of amides is 1. The minimum Gasteiger partial charge on any atom is -0.343 e. The van der Waals surface area contributed by atoms with Crippen LogP contribution in [0.2, 0.25) is 0 Å². The lowest BCUT2D eigenvalue weighted by Gasteiger charge is -2.32. The number of thiol groups is 1. The number of β-lactam (4-membered cyclic amide) rings is 1. The monoisotopic (exact) mass is 235 g/mol. The summed E-state index contributed by atoms with van der Waals surface area (Å²) in [6, 6.07) is 9.55. The first kappa shape index (κ1) is 11.2. The van der Waals surface area contributed by atoms with Crippen molar-refractivity contribution in [2.75, 3.05) is 0 Å². The summed E-state index contributed by atoms with van der Waals surface area (Å²) >= 11 is 4.16. The fourth-order valence-corrected chi connectivity index (χ4v) is 2.11. The summed E-state index contributed by atoms with van der Waals surface area (Å²) in [5.74, 6) is -0.231. The lowest BCUT2D eigenvalue weighted by atomic mass is 9.93. The van der Waals surface area contributed by atoms with Crippen LogP contribution in [-0.2, 0) is 16.0 Å². The molecule has 0 radical (unpaired) electrons. The van der Waals surface area contributed by atoms with E-state index in [2.05, 4.69) is 17.9 Å². The number of hydrogen-bond donors (Lipinski definition) is 2. The molecule has 0 unspecified atom stereocenters. The first-order chi connectivity index (χ1) is 7.66. The number of carbonyl (C=O) groups is 2. The van der Waals surface area contributed by atoms with Crippen molar-refractivity contribution in [1.82, 2.24) is 5.32 Å². The van der Waals surface area contributed by atoms with Crippen LogP contribution in [-0.4, -0.2) is 17.1 Å². The molecule has 16 heavy (non-hydrogen) atoms. The van der Waals surface area contributed by atoms with Crippen LogP contribution in [0.1, 0.15) is 12.0 Å². The number of Topliss-reactive ketones (excluding diaryl/α,β-unsaturated/α-hetero) is 1. The minimum atomic E-state index is -0.250. The molecule has 1 aliphatic heterocycles. The molecule has 0 spiro atoms. The topological polar surface area (TPSA) is 46.2 Å². The molecular formula is C12H13NO2S. The number of nitrogens with one attached hydrogen (secondary N) is 1. The van der Waals surface area contributed by atoms with Gasteiger partial charge in [-0.1, -0.05) is 30.3 Å². The molecule has 0 aliphatic carbocycles. The molecule has 1 heterocycles. The fourth-order valence-electron chi connectivity index (χ4n) is 1.75. The Labute approximate surface area is 99.6 Å². The van der Waals surface area contributed by atoms with Crippen molar-refractivity contribution in [3.05, 3.63) is 35.9 Å². The van der Waals surface area contributed by atoms with Crippen LogP contribution < -0.4 is 5.32 Å². The van der Waals surface area contributed by atoms with Crippen molar-refractivity contribution >= 4 is 24.3 Å². The Morgan fingerprint density at radius 1 is 1.31 bits per heavy atom. The van der Waals surface area contributed by atoms with Crippen LogP contribution in [0.3, 0.4) is 0 Å². The molecule has 3 nitrogen and oxygen atoms in total. The Kier molecular flexibility index (Phi) is 3.29. The van der Waals surface area contributed by atoms with Gasteiger partial charge in [0.15, 0.2) is 0 Å². The summed E-state index contributed by atoms with van der Waals surface area (Å²) in [6.45, 7) is 0. The normalized spacial score (nSPS) is 23.4. The lowest BCUT2D eigenvalue weighted by molar-refractivity contribution is -0.135. The second kappa shape index (κ2) is 4.70. The van der Waals surface area contributed by atoms with Gasteiger partial charge in [-0.15, -0.1) is 0 Å². The fraction of sp³-hybridized carbons (Fsp3) is 0.333. The maximum Gasteiger partial charge on any atom is 0.227 e. The van der Waals surface area contributed by atoms with Gasteiger partial charge in [-0.05, 0) is 5.56 Å². The maximum absolute atomic E-state index is 11.7. The van der Waals surface area contributed by atoms with Crippen molar-refractivity contribution in [2.24, 2.45) is 5.92 Å². The van der Waals surface area contributed by atoms with Gasteiger partial charge in [-0.25, -0.2) is 0 Å². The quantitative estimate of drug-likeness (QED) is 0.608. The molecule has 1 amide bonds.